The summed E-state index contributed by atoms with van der Waals surface area (Å²) in [6.45, 7) is 7.02. The molecule has 0 bridgehead atoms. The van der Waals surface area contributed by atoms with Crippen molar-refractivity contribution in [3.8, 4) is 39.5 Å². The first-order valence-electron chi connectivity index (χ1n) is 18.1. The number of aryl methyl sites for hydroxylation is 1. The SMILES string of the molecule is CC(C)c1cccc(C(C)C)c1-n1c(-c2[c-]sc3cc(-c4ccccc4)ccc23)nc2ccccc21.[2H]C([2H])([2H])c1ccc(-c2[c-]cccc2)nc1.[Ir]. The summed E-state index contributed by atoms with van der Waals surface area (Å²) in [6, 6.07) is 46.3. The number of hydrogen-bond donors (Lipinski definition) is 0. The molecular weight excluding hydrogens is 807 g/mol. The van der Waals surface area contributed by atoms with Crippen molar-refractivity contribution in [1.82, 2.24) is 14.5 Å². The summed E-state index contributed by atoms with van der Waals surface area (Å²) in [5.74, 6) is 1.75. The summed E-state index contributed by atoms with van der Waals surface area (Å²) < 4.78 is 25.3. The molecule has 5 aromatic carbocycles. The minimum atomic E-state index is -2.09. The fraction of sp³-hybridized carbons (Fsp3) is 0.156. The van der Waals surface area contributed by atoms with Crippen LogP contribution in [-0.2, 0) is 20.1 Å². The van der Waals surface area contributed by atoms with Crippen LogP contribution in [0.1, 0.15) is 60.3 Å². The van der Waals surface area contributed by atoms with Crippen molar-refractivity contribution in [2.24, 2.45) is 0 Å². The van der Waals surface area contributed by atoms with Crippen LogP contribution in [0, 0.1) is 18.3 Å². The Bertz CT molecular complexity index is 2420. The van der Waals surface area contributed by atoms with E-state index in [4.69, 9.17) is 9.10 Å². The predicted octanol–water partition coefficient (Wildman–Crippen LogP) is 12.5. The third-order valence-corrected chi connectivity index (χ3v) is 9.58. The summed E-state index contributed by atoms with van der Waals surface area (Å²) in [7, 11) is 0. The van der Waals surface area contributed by atoms with Gasteiger partial charge in [0.2, 0.25) is 0 Å². The molecule has 8 rings (SSSR count). The van der Waals surface area contributed by atoms with Gasteiger partial charge >= 0.3 is 0 Å². The molecule has 0 aliphatic heterocycles. The molecule has 0 spiro atoms. The van der Waals surface area contributed by atoms with E-state index < -0.39 is 6.85 Å². The van der Waals surface area contributed by atoms with E-state index in [9.17, 15) is 0 Å². The number of pyridine rings is 1. The Balaban J connectivity index is 0.000000238. The Labute approximate surface area is 317 Å². The van der Waals surface area contributed by atoms with E-state index in [0.717, 1.165) is 33.7 Å². The van der Waals surface area contributed by atoms with Gasteiger partial charge in [-0.3, -0.25) is 16.3 Å². The van der Waals surface area contributed by atoms with Crippen LogP contribution in [0.25, 0.3) is 60.6 Å². The number of thiophene rings is 1. The summed E-state index contributed by atoms with van der Waals surface area (Å²) in [4.78, 5) is 9.33. The monoisotopic (exact) mass is 849 g/mol. The number of fused-ring (bicyclic) bond motifs is 2. The van der Waals surface area contributed by atoms with Crippen molar-refractivity contribution < 1.29 is 24.2 Å². The van der Waals surface area contributed by atoms with Crippen LogP contribution in [0.2, 0.25) is 0 Å². The quantitative estimate of drug-likeness (QED) is 0.156. The van der Waals surface area contributed by atoms with E-state index in [0.29, 0.717) is 11.8 Å². The van der Waals surface area contributed by atoms with Crippen molar-refractivity contribution in [3.63, 3.8) is 0 Å². The molecule has 3 aromatic heterocycles. The number of hydrogen-bond acceptors (Lipinski definition) is 3. The third kappa shape index (κ3) is 7.13. The van der Waals surface area contributed by atoms with Crippen molar-refractivity contribution in [2.45, 2.75) is 46.4 Å². The van der Waals surface area contributed by atoms with Crippen LogP contribution in [0.4, 0.5) is 0 Å². The molecule has 0 N–H and O–H groups in total. The fourth-order valence-electron chi connectivity index (χ4n) is 6.25. The van der Waals surface area contributed by atoms with Crippen LogP contribution in [-0.4, -0.2) is 14.5 Å². The van der Waals surface area contributed by atoms with Crippen molar-refractivity contribution in [3.05, 3.63) is 162 Å². The number of benzene rings is 5. The van der Waals surface area contributed by atoms with Crippen molar-refractivity contribution >= 4 is 32.5 Å². The van der Waals surface area contributed by atoms with E-state index >= 15 is 0 Å². The molecule has 0 aliphatic carbocycles. The summed E-state index contributed by atoms with van der Waals surface area (Å²) in [5, 5.41) is 4.83. The average molecular weight is 849 g/mol. The molecular formula is C45H39IrN3S-2. The molecule has 50 heavy (non-hydrogen) atoms. The number of imidazole rings is 1. The number of rotatable bonds is 6. The van der Waals surface area contributed by atoms with E-state index in [1.54, 1.807) is 29.5 Å². The first-order chi connectivity index (χ1) is 25.1. The van der Waals surface area contributed by atoms with Gasteiger partial charge in [0.05, 0.1) is 16.9 Å². The smallest absolute Gasteiger partial charge is 0.0774 e. The molecule has 0 amide bonds. The zero-order valence-corrected chi connectivity index (χ0v) is 31.7. The van der Waals surface area contributed by atoms with Gasteiger partial charge in [0.25, 0.3) is 0 Å². The van der Waals surface area contributed by atoms with Gasteiger partial charge in [0.1, 0.15) is 0 Å². The van der Waals surface area contributed by atoms with Gasteiger partial charge in [-0.05, 0) is 64.3 Å². The largest absolute Gasteiger partial charge is 0.333 e. The Morgan fingerprint density at radius 2 is 1.48 bits per heavy atom. The van der Waals surface area contributed by atoms with Crippen LogP contribution in [0.3, 0.4) is 0 Å². The van der Waals surface area contributed by atoms with Gasteiger partial charge in [-0.1, -0.05) is 128 Å². The first-order valence-corrected chi connectivity index (χ1v) is 17.5. The molecule has 0 unspecified atom stereocenters. The Morgan fingerprint density at radius 1 is 0.740 bits per heavy atom. The second-order valence-corrected chi connectivity index (χ2v) is 13.6. The van der Waals surface area contributed by atoms with E-state index in [2.05, 4.69) is 140 Å². The van der Waals surface area contributed by atoms with Crippen LogP contribution in [0.5, 0.6) is 0 Å². The van der Waals surface area contributed by atoms with Gasteiger partial charge in [0, 0.05) is 36.1 Å². The normalized spacial score (nSPS) is 12.2. The molecule has 1 radical (unpaired) electrons. The topological polar surface area (TPSA) is 30.7 Å². The Kier molecular flexibility index (Phi) is 9.70. The van der Waals surface area contributed by atoms with Crippen molar-refractivity contribution in [1.29, 1.82) is 0 Å². The first kappa shape index (κ1) is 31.3. The molecule has 0 fully saturated rings. The molecule has 0 atom stereocenters. The van der Waals surface area contributed by atoms with Gasteiger partial charge in [-0.2, -0.15) is 0 Å². The van der Waals surface area contributed by atoms with Crippen LogP contribution >= 0.6 is 11.3 Å². The number of para-hydroxylation sites is 3. The number of nitrogens with zero attached hydrogens (tertiary/aromatic N) is 3. The fourth-order valence-corrected chi connectivity index (χ4v) is 7.13. The third-order valence-electron chi connectivity index (χ3n) is 8.72. The van der Waals surface area contributed by atoms with Crippen molar-refractivity contribution in [2.75, 3.05) is 0 Å². The van der Waals surface area contributed by atoms with E-state index in [-0.39, 0.29) is 25.7 Å². The van der Waals surface area contributed by atoms with Gasteiger partial charge in [-0.15, -0.1) is 47.3 Å². The van der Waals surface area contributed by atoms with Crippen LogP contribution < -0.4 is 0 Å². The molecule has 0 aliphatic rings. The molecule has 5 heteroatoms. The van der Waals surface area contributed by atoms with E-state index in [1.807, 2.05) is 18.2 Å². The van der Waals surface area contributed by atoms with Gasteiger partial charge in [-0.25, -0.2) is 0 Å². The minimum Gasteiger partial charge on any atom is -0.333 e. The van der Waals surface area contributed by atoms with Gasteiger partial charge in [0.15, 0.2) is 0 Å². The molecule has 0 saturated heterocycles. The predicted molar refractivity (Wildman–Crippen MR) is 208 cm³/mol. The molecule has 3 nitrogen and oxygen atoms in total. The summed E-state index contributed by atoms with van der Waals surface area (Å²) in [5.41, 5.74) is 11.5. The Morgan fingerprint density at radius 3 is 2.16 bits per heavy atom. The molecule has 8 aromatic rings. The molecule has 3 heterocycles. The molecule has 251 valence electrons. The Hall–Kier alpha value is -4.67. The number of aromatic nitrogens is 3. The minimum absolute atomic E-state index is 0. The van der Waals surface area contributed by atoms with Gasteiger partial charge < -0.3 is 9.55 Å². The second-order valence-electron chi connectivity index (χ2n) is 12.7. The maximum atomic E-state index is 7.23. The van der Waals surface area contributed by atoms with Crippen LogP contribution in [0.15, 0.2) is 134 Å². The molecule has 0 saturated carbocycles. The second kappa shape index (κ2) is 15.5. The summed E-state index contributed by atoms with van der Waals surface area (Å²) in [6.07, 6.45) is 1.39. The zero-order chi connectivity index (χ0) is 36.4. The summed E-state index contributed by atoms with van der Waals surface area (Å²) >= 11 is 1.67. The van der Waals surface area contributed by atoms with E-state index in [1.165, 1.54) is 44.2 Å². The maximum Gasteiger partial charge on any atom is 0.0774 e. The average Bonchev–Trinajstić information content (AvgIpc) is 3.76. The maximum absolute atomic E-state index is 7.23. The standard InChI is InChI=1S/C33H29N2S.C12H10N.Ir/c1-21(2)25-13-10-14-26(22(3)4)32(25)35-30-16-9-8-15-29(30)34-33(35)28-20-36-31-19-24(17-18-27(28)31)23-11-6-5-7-12-23;1-10-7-8-12(13-9-10)11-5-3-2-4-6-11;/h5-19,21-22H,1-4H3;2-5,7-9H,1H3;/q2*-1;/i;1D3;. The zero-order valence-electron chi connectivity index (χ0n) is 31.4.